The molecular formula is C14H22N2O4S. The Balaban J connectivity index is 2.96. The van der Waals surface area contributed by atoms with Gasteiger partial charge in [-0.3, -0.25) is 10.1 Å². The van der Waals surface area contributed by atoms with Crippen LogP contribution in [-0.2, 0) is 21.4 Å². The molecule has 0 aliphatic carbocycles. The van der Waals surface area contributed by atoms with Crippen LogP contribution in [0.2, 0.25) is 0 Å². The Morgan fingerprint density at radius 1 is 1.38 bits per heavy atom. The van der Waals surface area contributed by atoms with Crippen LogP contribution < -0.4 is 5.32 Å². The van der Waals surface area contributed by atoms with Gasteiger partial charge in [0.1, 0.15) is 5.54 Å². The van der Waals surface area contributed by atoms with Crippen LogP contribution in [-0.4, -0.2) is 43.4 Å². The number of carboxylic acid groups (broad SMARTS) is 1. The minimum atomic E-state index is -3.49. The fraction of sp³-hybridized carbons (Fsp3) is 0.500. The van der Waals surface area contributed by atoms with Gasteiger partial charge in [0, 0.05) is 20.6 Å². The summed E-state index contributed by atoms with van der Waals surface area (Å²) in [5, 5.41) is 12.2. The van der Waals surface area contributed by atoms with E-state index in [0.717, 1.165) is 9.87 Å². The van der Waals surface area contributed by atoms with Gasteiger partial charge >= 0.3 is 5.97 Å². The number of aliphatic carboxylic acids is 1. The van der Waals surface area contributed by atoms with E-state index in [9.17, 15) is 18.3 Å². The molecule has 0 aliphatic rings. The van der Waals surface area contributed by atoms with Gasteiger partial charge in [0.25, 0.3) is 0 Å². The lowest BCUT2D eigenvalue weighted by Crippen LogP contribution is -2.48. The summed E-state index contributed by atoms with van der Waals surface area (Å²) in [6.07, 6.45) is 0.429. The molecular weight excluding hydrogens is 292 g/mol. The van der Waals surface area contributed by atoms with Gasteiger partial charge in [0.2, 0.25) is 10.0 Å². The Morgan fingerprint density at radius 3 is 2.48 bits per heavy atom. The molecule has 1 aromatic rings. The highest BCUT2D eigenvalue weighted by molar-refractivity contribution is 7.89. The lowest BCUT2D eigenvalue weighted by atomic mass is 9.99. The fourth-order valence-electron chi connectivity index (χ4n) is 1.68. The van der Waals surface area contributed by atoms with Crippen molar-refractivity contribution in [3.05, 3.63) is 29.8 Å². The van der Waals surface area contributed by atoms with Crippen molar-refractivity contribution >= 4 is 16.0 Å². The van der Waals surface area contributed by atoms with E-state index in [-0.39, 0.29) is 11.4 Å². The summed E-state index contributed by atoms with van der Waals surface area (Å²) in [5.41, 5.74) is -0.310. The van der Waals surface area contributed by atoms with Gasteiger partial charge in [-0.1, -0.05) is 19.1 Å². The summed E-state index contributed by atoms with van der Waals surface area (Å²) in [6, 6.07) is 6.49. The van der Waals surface area contributed by atoms with Crippen molar-refractivity contribution in [3.63, 3.8) is 0 Å². The van der Waals surface area contributed by atoms with E-state index in [4.69, 9.17) is 0 Å². The van der Waals surface area contributed by atoms with Crippen LogP contribution in [0.4, 0.5) is 0 Å². The van der Waals surface area contributed by atoms with Gasteiger partial charge in [-0.2, -0.15) is 0 Å². The Kier molecular flexibility index (Phi) is 5.49. The summed E-state index contributed by atoms with van der Waals surface area (Å²) >= 11 is 0. The van der Waals surface area contributed by atoms with Gasteiger partial charge in [-0.25, -0.2) is 12.7 Å². The Labute approximate surface area is 125 Å². The van der Waals surface area contributed by atoms with Crippen LogP contribution in [0.15, 0.2) is 29.2 Å². The van der Waals surface area contributed by atoms with Crippen molar-refractivity contribution in [1.82, 2.24) is 9.62 Å². The first-order valence-corrected chi connectivity index (χ1v) is 8.07. The Hall–Kier alpha value is -1.44. The maximum Gasteiger partial charge on any atom is 0.323 e. The maximum absolute atomic E-state index is 12.1. The van der Waals surface area contributed by atoms with Gasteiger partial charge < -0.3 is 5.11 Å². The normalized spacial score (nSPS) is 14.9. The van der Waals surface area contributed by atoms with Crippen molar-refractivity contribution in [1.29, 1.82) is 0 Å². The molecule has 0 heterocycles. The molecule has 0 amide bonds. The molecule has 2 N–H and O–H groups in total. The van der Waals surface area contributed by atoms with Gasteiger partial charge in [0.15, 0.2) is 0 Å². The molecule has 7 heteroatoms. The van der Waals surface area contributed by atoms with Gasteiger partial charge in [-0.05, 0) is 31.0 Å². The molecule has 21 heavy (non-hydrogen) atoms. The van der Waals surface area contributed by atoms with E-state index in [1.54, 1.807) is 32.0 Å². The third-order valence-corrected chi connectivity index (χ3v) is 5.35. The standard InChI is InChI=1S/C14H22N2O4S/c1-5-14(2,13(17)18)15-10-11-7-6-8-12(9-11)21(19,20)16(3)4/h6-9,15H,5,10H2,1-4H3,(H,17,18). The maximum atomic E-state index is 12.1. The van der Waals surface area contributed by atoms with E-state index in [1.807, 2.05) is 0 Å². The van der Waals surface area contributed by atoms with Gasteiger partial charge in [0.05, 0.1) is 4.90 Å². The van der Waals surface area contributed by atoms with E-state index in [2.05, 4.69) is 5.32 Å². The van der Waals surface area contributed by atoms with Gasteiger partial charge in [-0.15, -0.1) is 0 Å². The quantitative estimate of drug-likeness (QED) is 0.792. The van der Waals surface area contributed by atoms with E-state index in [0.29, 0.717) is 6.42 Å². The van der Waals surface area contributed by atoms with Crippen molar-refractivity contribution in [2.45, 2.75) is 37.2 Å². The number of carboxylic acids is 1. The molecule has 118 valence electrons. The van der Waals surface area contributed by atoms with E-state index < -0.39 is 21.5 Å². The first-order chi connectivity index (χ1) is 9.63. The molecule has 6 nitrogen and oxygen atoms in total. The molecule has 0 radical (unpaired) electrons. The van der Waals surface area contributed by atoms with Crippen molar-refractivity contribution in [2.24, 2.45) is 0 Å². The molecule has 0 saturated carbocycles. The molecule has 0 fully saturated rings. The number of hydrogen-bond acceptors (Lipinski definition) is 4. The SMILES string of the molecule is CCC(C)(NCc1cccc(S(=O)(=O)N(C)C)c1)C(=O)O. The van der Waals surface area contributed by atoms with E-state index in [1.165, 1.54) is 20.2 Å². The lowest BCUT2D eigenvalue weighted by molar-refractivity contribution is -0.144. The van der Waals surface area contributed by atoms with Crippen molar-refractivity contribution in [3.8, 4) is 0 Å². The Bertz CT molecular complexity index is 613. The number of nitrogens with zero attached hydrogens (tertiary/aromatic N) is 1. The molecule has 0 aromatic heterocycles. The zero-order valence-electron chi connectivity index (χ0n) is 12.8. The van der Waals surface area contributed by atoms with Crippen LogP contribution in [0.5, 0.6) is 0 Å². The topological polar surface area (TPSA) is 86.7 Å². The van der Waals surface area contributed by atoms with Crippen LogP contribution in [0.25, 0.3) is 0 Å². The number of benzene rings is 1. The van der Waals surface area contributed by atoms with Crippen LogP contribution in [0.1, 0.15) is 25.8 Å². The number of sulfonamides is 1. The second-order valence-electron chi connectivity index (χ2n) is 5.28. The smallest absolute Gasteiger partial charge is 0.323 e. The molecule has 0 saturated heterocycles. The molecule has 1 atom stereocenters. The summed E-state index contributed by atoms with van der Waals surface area (Å²) in [6.45, 7) is 3.68. The zero-order chi connectivity index (χ0) is 16.3. The minimum absolute atomic E-state index is 0.195. The predicted octanol–water partition coefficient (Wildman–Crippen LogP) is 1.28. The summed E-state index contributed by atoms with van der Waals surface area (Å²) in [7, 11) is -0.544. The third-order valence-electron chi connectivity index (χ3n) is 3.54. The van der Waals surface area contributed by atoms with Crippen molar-refractivity contribution in [2.75, 3.05) is 14.1 Å². The first-order valence-electron chi connectivity index (χ1n) is 6.63. The summed E-state index contributed by atoms with van der Waals surface area (Å²) in [4.78, 5) is 11.4. The molecule has 1 unspecified atom stereocenters. The molecule has 0 spiro atoms. The molecule has 0 aliphatic heterocycles. The Morgan fingerprint density at radius 2 is 2.00 bits per heavy atom. The number of carbonyl (C=O) groups is 1. The van der Waals surface area contributed by atoms with Crippen molar-refractivity contribution < 1.29 is 18.3 Å². The highest BCUT2D eigenvalue weighted by Crippen LogP contribution is 2.16. The average molecular weight is 314 g/mol. The highest BCUT2D eigenvalue weighted by Gasteiger charge is 2.30. The summed E-state index contributed by atoms with van der Waals surface area (Å²) < 4.78 is 25.3. The number of nitrogens with one attached hydrogen (secondary N) is 1. The monoisotopic (exact) mass is 314 g/mol. The predicted molar refractivity (Wildman–Crippen MR) is 80.5 cm³/mol. The second-order valence-corrected chi connectivity index (χ2v) is 7.43. The van der Waals surface area contributed by atoms with Crippen LogP contribution in [0.3, 0.4) is 0 Å². The summed E-state index contributed by atoms with van der Waals surface area (Å²) in [5.74, 6) is -0.929. The number of hydrogen-bond donors (Lipinski definition) is 2. The largest absolute Gasteiger partial charge is 0.480 e. The van der Waals surface area contributed by atoms with E-state index >= 15 is 0 Å². The molecule has 1 aromatic carbocycles. The highest BCUT2D eigenvalue weighted by atomic mass is 32.2. The fourth-order valence-corrected chi connectivity index (χ4v) is 2.65. The lowest BCUT2D eigenvalue weighted by Gasteiger charge is -2.24. The zero-order valence-corrected chi connectivity index (χ0v) is 13.6. The molecule has 0 bridgehead atoms. The third kappa shape index (κ3) is 4.03. The average Bonchev–Trinajstić information content (AvgIpc) is 2.44. The minimum Gasteiger partial charge on any atom is -0.480 e. The van der Waals surface area contributed by atoms with Crippen LogP contribution >= 0.6 is 0 Å². The molecule has 1 rings (SSSR count). The van der Waals surface area contributed by atoms with Crippen LogP contribution in [0, 0.1) is 0 Å². The first kappa shape index (κ1) is 17.6. The second kappa shape index (κ2) is 6.55. The number of rotatable bonds is 7.